The molecular weight excluding hydrogens is 303 g/mol. The van der Waals surface area contributed by atoms with Gasteiger partial charge in [0.1, 0.15) is 5.75 Å². The minimum atomic E-state index is -4.77. The van der Waals surface area contributed by atoms with Gasteiger partial charge in [0.05, 0.1) is 11.8 Å². The molecule has 0 heterocycles. The van der Waals surface area contributed by atoms with E-state index in [0.29, 0.717) is 5.56 Å². The monoisotopic (exact) mass is 319 g/mol. The van der Waals surface area contributed by atoms with Gasteiger partial charge in [-0.25, -0.2) is 0 Å². The topological polar surface area (TPSA) is 75.6 Å². The highest BCUT2D eigenvalue weighted by molar-refractivity contribution is 5.87. The Bertz CT molecular complexity index is 538. The Kier molecular flexibility index (Phi) is 5.40. The van der Waals surface area contributed by atoms with Gasteiger partial charge >= 0.3 is 12.3 Å². The highest BCUT2D eigenvalue weighted by Crippen LogP contribution is 2.28. The van der Waals surface area contributed by atoms with E-state index in [1.54, 1.807) is 13.8 Å². The van der Waals surface area contributed by atoms with Crippen molar-refractivity contribution in [3.63, 3.8) is 0 Å². The Labute approximate surface area is 125 Å². The summed E-state index contributed by atoms with van der Waals surface area (Å²) in [5, 5.41) is 11.0. The van der Waals surface area contributed by atoms with Crippen LogP contribution >= 0.6 is 0 Å². The van der Waals surface area contributed by atoms with Gasteiger partial charge in [0.25, 0.3) is 0 Å². The summed E-state index contributed by atoms with van der Waals surface area (Å²) in [4.78, 5) is 22.4. The van der Waals surface area contributed by atoms with Crippen LogP contribution in [-0.2, 0) is 15.0 Å². The van der Waals surface area contributed by atoms with Crippen molar-refractivity contribution in [2.45, 2.75) is 32.0 Å². The number of carbonyl (C=O) groups excluding carboxylic acids is 1. The number of carbonyl (C=O) groups is 2. The van der Waals surface area contributed by atoms with Crippen molar-refractivity contribution in [2.24, 2.45) is 0 Å². The van der Waals surface area contributed by atoms with E-state index >= 15 is 0 Å². The zero-order valence-corrected chi connectivity index (χ0v) is 12.0. The first kappa shape index (κ1) is 17.8. The van der Waals surface area contributed by atoms with E-state index in [2.05, 4.69) is 10.1 Å². The zero-order valence-electron chi connectivity index (χ0n) is 12.0. The molecule has 1 rings (SSSR count). The highest BCUT2D eigenvalue weighted by atomic mass is 19.4. The average molecular weight is 319 g/mol. The highest BCUT2D eigenvalue weighted by Gasteiger charge is 2.32. The summed E-state index contributed by atoms with van der Waals surface area (Å²) in [6, 6.07) is 4.96. The largest absolute Gasteiger partial charge is 0.573 e. The number of benzene rings is 1. The van der Waals surface area contributed by atoms with Gasteiger partial charge in [0.2, 0.25) is 5.91 Å². The standard InChI is InChI=1S/C14H16F3NO4/c1-13(2,12(21)18-8-7-11(19)20)9-3-5-10(6-4-9)22-14(15,16)17/h3-6H,7-8H2,1-2H3,(H,18,21)(H,19,20). The van der Waals surface area contributed by atoms with Crippen molar-refractivity contribution in [3.8, 4) is 5.75 Å². The summed E-state index contributed by atoms with van der Waals surface area (Å²) < 4.78 is 40.0. The lowest BCUT2D eigenvalue weighted by Crippen LogP contribution is -2.40. The van der Waals surface area contributed by atoms with E-state index in [-0.39, 0.29) is 18.7 Å². The number of alkyl halides is 3. The molecule has 0 bridgehead atoms. The number of rotatable bonds is 6. The second-order valence-corrected chi connectivity index (χ2v) is 5.10. The lowest BCUT2D eigenvalue weighted by atomic mass is 9.83. The summed E-state index contributed by atoms with van der Waals surface area (Å²) in [5.41, 5.74) is -0.537. The average Bonchev–Trinajstić information content (AvgIpc) is 2.36. The number of aliphatic carboxylic acids is 1. The molecule has 0 fully saturated rings. The maximum atomic E-state index is 12.1. The first-order valence-electron chi connectivity index (χ1n) is 6.39. The number of carboxylic acid groups (broad SMARTS) is 1. The van der Waals surface area contributed by atoms with E-state index in [4.69, 9.17) is 5.11 Å². The first-order valence-corrected chi connectivity index (χ1v) is 6.39. The Balaban J connectivity index is 2.75. The fraction of sp³-hybridized carbons (Fsp3) is 0.429. The molecule has 5 nitrogen and oxygen atoms in total. The van der Waals surface area contributed by atoms with Crippen LogP contribution in [0.15, 0.2) is 24.3 Å². The van der Waals surface area contributed by atoms with Gasteiger partial charge in [-0.15, -0.1) is 13.2 Å². The second kappa shape index (κ2) is 6.67. The van der Waals surface area contributed by atoms with Gasteiger partial charge in [-0.1, -0.05) is 12.1 Å². The third-order valence-electron chi connectivity index (χ3n) is 3.00. The molecule has 0 saturated carbocycles. The molecule has 0 aliphatic heterocycles. The molecule has 0 aliphatic rings. The Morgan fingerprint density at radius 2 is 1.73 bits per heavy atom. The van der Waals surface area contributed by atoms with Crippen LogP contribution in [0.25, 0.3) is 0 Å². The van der Waals surface area contributed by atoms with E-state index < -0.39 is 23.7 Å². The molecule has 8 heteroatoms. The van der Waals surface area contributed by atoms with Crippen LogP contribution in [0.1, 0.15) is 25.8 Å². The second-order valence-electron chi connectivity index (χ2n) is 5.10. The molecule has 0 spiro atoms. The quantitative estimate of drug-likeness (QED) is 0.844. The molecule has 22 heavy (non-hydrogen) atoms. The Morgan fingerprint density at radius 3 is 2.18 bits per heavy atom. The lowest BCUT2D eigenvalue weighted by Gasteiger charge is -2.24. The van der Waals surface area contributed by atoms with Gasteiger partial charge < -0.3 is 15.2 Å². The SMILES string of the molecule is CC(C)(C(=O)NCCC(=O)O)c1ccc(OC(F)(F)F)cc1. The van der Waals surface area contributed by atoms with Gasteiger partial charge in [-0.2, -0.15) is 0 Å². The van der Waals surface area contributed by atoms with E-state index in [1.807, 2.05) is 0 Å². The van der Waals surface area contributed by atoms with Crippen molar-refractivity contribution in [1.82, 2.24) is 5.32 Å². The number of nitrogens with one attached hydrogen (secondary N) is 1. The van der Waals surface area contributed by atoms with Gasteiger partial charge in [-0.05, 0) is 31.5 Å². The lowest BCUT2D eigenvalue weighted by molar-refractivity contribution is -0.274. The molecule has 1 amide bonds. The summed E-state index contributed by atoms with van der Waals surface area (Å²) in [6.07, 6.45) is -4.98. The molecule has 0 atom stereocenters. The number of carboxylic acids is 1. The van der Waals surface area contributed by atoms with E-state index in [0.717, 1.165) is 12.1 Å². The fourth-order valence-electron chi connectivity index (χ4n) is 1.71. The summed E-state index contributed by atoms with van der Waals surface area (Å²) in [6.45, 7) is 3.15. The van der Waals surface area contributed by atoms with Crippen LogP contribution < -0.4 is 10.1 Å². The normalized spacial score (nSPS) is 11.9. The number of amides is 1. The van der Waals surface area contributed by atoms with Crippen molar-refractivity contribution in [1.29, 1.82) is 0 Å². The maximum Gasteiger partial charge on any atom is 0.573 e. The van der Waals surface area contributed by atoms with Crippen LogP contribution in [0, 0.1) is 0 Å². The van der Waals surface area contributed by atoms with Gasteiger partial charge in [0.15, 0.2) is 0 Å². The predicted octanol–water partition coefficient (Wildman–Crippen LogP) is 2.45. The van der Waals surface area contributed by atoms with Crippen LogP contribution in [0.3, 0.4) is 0 Å². The molecule has 122 valence electrons. The number of hydrogen-bond acceptors (Lipinski definition) is 3. The first-order chi connectivity index (χ1) is 10.0. The van der Waals surface area contributed by atoms with Crippen LogP contribution in [-0.4, -0.2) is 29.9 Å². The van der Waals surface area contributed by atoms with Gasteiger partial charge in [-0.3, -0.25) is 9.59 Å². The van der Waals surface area contributed by atoms with Crippen LogP contribution in [0.4, 0.5) is 13.2 Å². The van der Waals surface area contributed by atoms with Crippen molar-refractivity contribution >= 4 is 11.9 Å². The Morgan fingerprint density at radius 1 is 1.18 bits per heavy atom. The zero-order chi connectivity index (χ0) is 17.0. The molecule has 2 N–H and O–H groups in total. The molecule has 0 aliphatic carbocycles. The molecule has 0 radical (unpaired) electrons. The van der Waals surface area contributed by atoms with E-state index in [9.17, 15) is 22.8 Å². The number of hydrogen-bond donors (Lipinski definition) is 2. The summed E-state index contributed by atoms with van der Waals surface area (Å²) in [5.74, 6) is -1.83. The molecule has 0 saturated heterocycles. The van der Waals surface area contributed by atoms with Crippen LogP contribution in [0.5, 0.6) is 5.75 Å². The summed E-state index contributed by atoms with van der Waals surface area (Å²) in [7, 11) is 0. The fourth-order valence-corrected chi connectivity index (χ4v) is 1.71. The Hall–Kier alpha value is -2.25. The summed E-state index contributed by atoms with van der Waals surface area (Å²) >= 11 is 0. The van der Waals surface area contributed by atoms with E-state index in [1.165, 1.54) is 12.1 Å². The molecule has 0 unspecified atom stereocenters. The minimum Gasteiger partial charge on any atom is -0.481 e. The number of halogens is 3. The molecular formula is C14H16F3NO4. The molecule has 0 aromatic heterocycles. The molecule has 1 aromatic carbocycles. The predicted molar refractivity (Wildman–Crippen MR) is 71.4 cm³/mol. The van der Waals surface area contributed by atoms with Crippen LogP contribution in [0.2, 0.25) is 0 Å². The number of ether oxygens (including phenoxy) is 1. The van der Waals surface area contributed by atoms with Crippen molar-refractivity contribution in [2.75, 3.05) is 6.54 Å². The van der Waals surface area contributed by atoms with Gasteiger partial charge in [0, 0.05) is 6.54 Å². The third-order valence-corrected chi connectivity index (χ3v) is 3.00. The molecule has 1 aromatic rings. The maximum absolute atomic E-state index is 12.1. The van der Waals surface area contributed by atoms with Crippen molar-refractivity contribution in [3.05, 3.63) is 29.8 Å². The smallest absolute Gasteiger partial charge is 0.481 e. The minimum absolute atomic E-state index is 0.0210. The van der Waals surface area contributed by atoms with Crippen molar-refractivity contribution < 1.29 is 32.6 Å². The third kappa shape index (κ3) is 5.27.